The van der Waals surface area contributed by atoms with Gasteiger partial charge in [-0.05, 0) is 37.5 Å². The van der Waals surface area contributed by atoms with Crippen LogP contribution in [0.1, 0.15) is 32.3 Å². The third kappa shape index (κ3) is 4.25. The van der Waals surface area contributed by atoms with Crippen molar-refractivity contribution >= 4 is 38.8 Å². The fraction of sp³-hybridized carbons (Fsp3) is 0.529. The molecule has 0 radical (unpaired) electrons. The van der Waals surface area contributed by atoms with E-state index in [0.717, 1.165) is 34.6 Å². The van der Waals surface area contributed by atoms with Crippen molar-refractivity contribution in [3.8, 4) is 11.5 Å². The molecule has 1 aliphatic heterocycles. The zero-order chi connectivity index (χ0) is 17.7. The highest BCUT2D eigenvalue weighted by Gasteiger charge is 2.39. The average molecular weight is 416 g/mol. The molecule has 132 valence electrons. The van der Waals surface area contributed by atoms with Gasteiger partial charge in [-0.2, -0.15) is 0 Å². The summed E-state index contributed by atoms with van der Waals surface area (Å²) < 4.78 is 11.8. The summed E-state index contributed by atoms with van der Waals surface area (Å²) >= 11 is 4.63. The SMILES string of the molecule is CCCCN1C(=O)S[C@@H](Cc2cc(OC)c(OCC)cc2Br)C1=O. The van der Waals surface area contributed by atoms with E-state index >= 15 is 0 Å². The molecule has 7 heteroatoms. The van der Waals surface area contributed by atoms with E-state index in [9.17, 15) is 9.59 Å². The van der Waals surface area contributed by atoms with Crippen LogP contribution in [0.25, 0.3) is 0 Å². The van der Waals surface area contributed by atoms with Crippen molar-refractivity contribution in [2.24, 2.45) is 0 Å². The molecular weight excluding hydrogens is 394 g/mol. The monoisotopic (exact) mass is 415 g/mol. The van der Waals surface area contributed by atoms with E-state index in [-0.39, 0.29) is 16.4 Å². The number of carbonyl (C=O) groups is 2. The lowest BCUT2D eigenvalue weighted by molar-refractivity contribution is -0.126. The zero-order valence-corrected chi connectivity index (χ0v) is 16.5. The lowest BCUT2D eigenvalue weighted by Crippen LogP contribution is -2.33. The highest BCUT2D eigenvalue weighted by Crippen LogP contribution is 2.37. The smallest absolute Gasteiger partial charge is 0.289 e. The van der Waals surface area contributed by atoms with E-state index in [1.54, 1.807) is 7.11 Å². The number of hydrogen-bond acceptors (Lipinski definition) is 5. The first kappa shape index (κ1) is 19.1. The number of hydrogen-bond donors (Lipinski definition) is 0. The van der Waals surface area contributed by atoms with Crippen molar-refractivity contribution in [1.82, 2.24) is 4.90 Å². The Kier molecular flexibility index (Phi) is 6.98. The Bertz CT molecular complexity index is 623. The van der Waals surface area contributed by atoms with Crippen LogP contribution in [0.5, 0.6) is 11.5 Å². The van der Waals surface area contributed by atoms with Crippen molar-refractivity contribution in [2.75, 3.05) is 20.3 Å². The number of amides is 2. The minimum Gasteiger partial charge on any atom is -0.493 e. The summed E-state index contributed by atoms with van der Waals surface area (Å²) in [6.07, 6.45) is 2.26. The molecule has 1 fully saturated rings. The number of ether oxygens (including phenoxy) is 2. The first-order chi connectivity index (χ1) is 11.5. The van der Waals surface area contributed by atoms with E-state index < -0.39 is 0 Å². The Morgan fingerprint density at radius 1 is 1.25 bits per heavy atom. The van der Waals surface area contributed by atoms with Gasteiger partial charge in [0.1, 0.15) is 0 Å². The molecule has 1 saturated heterocycles. The number of thioether (sulfide) groups is 1. The lowest BCUT2D eigenvalue weighted by atomic mass is 10.1. The Morgan fingerprint density at radius 2 is 2.00 bits per heavy atom. The maximum absolute atomic E-state index is 12.5. The molecule has 1 heterocycles. The van der Waals surface area contributed by atoms with E-state index in [0.29, 0.717) is 31.1 Å². The molecule has 0 saturated carbocycles. The third-order valence-electron chi connectivity index (χ3n) is 3.78. The topological polar surface area (TPSA) is 55.8 Å². The number of imide groups is 1. The van der Waals surface area contributed by atoms with Crippen LogP contribution in [0.2, 0.25) is 0 Å². The van der Waals surface area contributed by atoms with Crippen LogP contribution in [-0.2, 0) is 11.2 Å². The Balaban J connectivity index is 2.16. The fourth-order valence-electron chi connectivity index (χ4n) is 2.51. The second-order valence-electron chi connectivity index (χ2n) is 5.45. The summed E-state index contributed by atoms with van der Waals surface area (Å²) in [7, 11) is 1.58. The van der Waals surface area contributed by atoms with Crippen molar-refractivity contribution in [2.45, 2.75) is 38.4 Å². The van der Waals surface area contributed by atoms with Gasteiger partial charge in [-0.1, -0.05) is 41.0 Å². The largest absolute Gasteiger partial charge is 0.493 e. The number of nitrogens with zero attached hydrogens (tertiary/aromatic N) is 1. The number of unbranched alkanes of at least 4 members (excludes halogenated alkanes) is 1. The van der Waals surface area contributed by atoms with Crippen molar-refractivity contribution in [3.63, 3.8) is 0 Å². The van der Waals surface area contributed by atoms with E-state index in [1.165, 1.54) is 4.90 Å². The third-order valence-corrected chi connectivity index (χ3v) is 5.59. The summed E-state index contributed by atoms with van der Waals surface area (Å²) in [6.45, 7) is 5.00. The number of halogens is 1. The van der Waals surface area contributed by atoms with Gasteiger partial charge < -0.3 is 9.47 Å². The summed E-state index contributed by atoms with van der Waals surface area (Å²) in [5.74, 6) is 1.18. The number of methoxy groups -OCH3 is 1. The molecule has 1 aliphatic rings. The first-order valence-electron chi connectivity index (χ1n) is 8.03. The molecule has 0 N–H and O–H groups in total. The van der Waals surface area contributed by atoms with Crippen LogP contribution in [0.15, 0.2) is 16.6 Å². The van der Waals surface area contributed by atoms with Gasteiger partial charge in [-0.15, -0.1) is 0 Å². The second-order valence-corrected chi connectivity index (χ2v) is 7.46. The van der Waals surface area contributed by atoms with Crippen molar-refractivity contribution < 1.29 is 19.1 Å². The minimum atomic E-state index is -0.381. The molecule has 0 spiro atoms. The van der Waals surface area contributed by atoms with E-state index in [4.69, 9.17) is 9.47 Å². The first-order valence-corrected chi connectivity index (χ1v) is 9.70. The number of carbonyl (C=O) groups excluding carboxylic acids is 2. The molecule has 0 unspecified atom stereocenters. The van der Waals surface area contributed by atoms with Gasteiger partial charge in [-0.3, -0.25) is 14.5 Å². The standard InChI is InChI=1S/C17H22BrNO4S/c1-4-6-7-19-16(20)15(24-17(19)21)9-11-8-13(22-3)14(23-5-2)10-12(11)18/h8,10,15H,4-7,9H2,1-3H3/t15-/m0/s1. The molecule has 0 bridgehead atoms. The summed E-state index contributed by atoms with van der Waals surface area (Å²) in [5, 5.41) is -0.527. The Morgan fingerprint density at radius 3 is 2.62 bits per heavy atom. The molecule has 1 aromatic rings. The molecule has 1 atom stereocenters. The van der Waals surface area contributed by atoms with Gasteiger partial charge in [0.25, 0.3) is 5.24 Å². The molecule has 0 aliphatic carbocycles. The van der Waals surface area contributed by atoms with Crippen LogP contribution in [0.4, 0.5) is 4.79 Å². The van der Waals surface area contributed by atoms with Gasteiger partial charge in [0.2, 0.25) is 5.91 Å². The molecule has 5 nitrogen and oxygen atoms in total. The predicted molar refractivity (Wildman–Crippen MR) is 99.0 cm³/mol. The molecule has 1 aromatic carbocycles. The van der Waals surface area contributed by atoms with Gasteiger partial charge in [0, 0.05) is 11.0 Å². The van der Waals surface area contributed by atoms with E-state index in [2.05, 4.69) is 15.9 Å². The minimum absolute atomic E-state index is 0.0989. The number of benzene rings is 1. The van der Waals surface area contributed by atoms with Crippen LogP contribution < -0.4 is 9.47 Å². The van der Waals surface area contributed by atoms with Gasteiger partial charge >= 0.3 is 0 Å². The second kappa shape index (κ2) is 8.76. The summed E-state index contributed by atoms with van der Waals surface area (Å²) in [5.41, 5.74) is 0.922. The maximum atomic E-state index is 12.5. The average Bonchev–Trinajstić information content (AvgIpc) is 2.82. The maximum Gasteiger partial charge on any atom is 0.289 e. The van der Waals surface area contributed by atoms with Crippen molar-refractivity contribution in [3.05, 3.63) is 22.2 Å². The highest BCUT2D eigenvalue weighted by molar-refractivity contribution is 9.10. The molecule has 2 rings (SSSR count). The van der Waals surface area contributed by atoms with Gasteiger partial charge in [0.15, 0.2) is 11.5 Å². The van der Waals surface area contributed by atoms with Crippen LogP contribution in [-0.4, -0.2) is 41.6 Å². The van der Waals surface area contributed by atoms with Crippen LogP contribution >= 0.6 is 27.7 Å². The molecule has 2 amide bonds. The summed E-state index contributed by atoms with van der Waals surface area (Å²) in [4.78, 5) is 25.9. The fourth-order valence-corrected chi connectivity index (χ4v) is 4.03. The van der Waals surface area contributed by atoms with Gasteiger partial charge in [-0.25, -0.2) is 0 Å². The highest BCUT2D eigenvalue weighted by atomic mass is 79.9. The zero-order valence-electron chi connectivity index (χ0n) is 14.1. The Hall–Kier alpha value is -1.21. The normalized spacial score (nSPS) is 17.5. The molecule has 0 aromatic heterocycles. The summed E-state index contributed by atoms with van der Waals surface area (Å²) in [6, 6.07) is 3.71. The predicted octanol–water partition coefficient (Wildman–Crippen LogP) is 4.26. The van der Waals surface area contributed by atoms with Gasteiger partial charge in [0.05, 0.1) is 19.0 Å². The number of rotatable bonds is 8. The Labute approximate surface area is 155 Å². The van der Waals surface area contributed by atoms with Crippen molar-refractivity contribution in [1.29, 1.82) is 0 Å². The van der Waals surface area contributed by atoms with Crippen LogP contribution in [0.3, 0.4) is 0 Å². The lowest BCUT2D eigenvalue weighted by Gasteiger charge is -2.15. The molecular formula is C17H22BrNO4S. The molecule has 24 heavy (non-hydrogen) atoms. The van der Waals surface area contributed by atoms with Crippen LogP contribution in [0, 0.1) is 0 Å². The quantitative estimate of drug-likeness (QED) is 0.634. The van der Waals surface area contributed by atoms with E-state index in [1.807, 2.05) is 26.0 Å².